The third-order valence-corrected chi connectivity index (χ3v) is 9.48. The first-order valence-corrected chi connectivity index (χ1v) is 16.1. The van der Waals surface area contributed by atoms with Crippen LogP contribution in [0.3, 0.4) is 0 Å². The maximum absolute atomic E-state index is 3.67. The van der Waals surface area contributed by atoms with Gasteiger partial charge >= 0.3 is 0 Å². The fraction of sp³-hybridized carbons (Fsp3) is 0. The van der Waals surface area contributed by atoms with E-state index in [-0.39, 0.29) is 0 Å². The van der Waals surface area contributed by atoms with Gasteiger partial charge in [-0.2, -0.15) is 0 Å². The lowest BCUT2D eigenvalue weighted by Crippen LogP contribution is -2.14. The zero-order valence-electron chi connectivity index (χ0n) is 22.5. The largest absolute Gasteiger partial charge is 0.308 e. The summed E-state index contributed by atoms with van der Waals surface area (Å²) < 4.78 is 2.16. The Morgan fingerprint density at radius 1 is 0.429 bits per heavy atom. The van der Waals surface area contributed by atoms with Crippen molar-refractivity contribution in [1.82, 2.24) is 0 Å². The zero-order chi connectivity index (χ0) is 28.5. The highest BCUT2D eigenvalue weighted by Gasteiger charge is 2.25. The molecule has 0 atom stereocenters. The highest BCUT2D eigenvalue weighted by Crippen LogP contribution is 2.52. The third-order valence-electron chi connectivity index (χ3n) is 7.40. The molecule has 1 heterocycles. The molecule has 0 N–H and O–H groups in total. The Kier molecular flexibility index (Phi) is 7.60. The summed E-state index contributed by atoms with van der Waals surface area (Å²) in [6, 6.07) is 54.2. The van der Waals surface area contributed by atoms with Gasteiger partial charge in [0, 0.05) is 24.4 Å². The van der Waals surface area contributed by atoms with E-state index < -0.39 is 0 Å². The van der Waals surface area contributed by atoms with Crippen LogP contribution in [0.4, 0.5) is 17.1 Å². The summed E-state index contributed by atoms with van der Waals surface area (Å²) in [5, 5.41) is 0. The first kappa shape index (κ1) is 27.0. The molecule has 0 radical (unpaired) electrons. The second kappa shape index (κ2) is 11.8. The molecule has 0 unspecified atom stereocenters. The fourth-order valence-electron chi connectivity index (χ4n) is 5.54. The van der Waals surface area contributed by atoms with Crippen molar-refractivity contribution in [2.45, 2.75) is 9.79 Å². The predicted octanol–water partition coefficient (Wildman–Crippen LogP) is 12.2. The Bertz CT molecular complexity index is 1810. The Morgan fingerprint density at radius 2 is 0.810 bits per heavy atom. The molecule has 1 aliphatic rings. The first-order valence-electron chi connectivity index (χ1n) is 13.7. The molecule has 0 saturated heterocycles. The minimum Gasteiger partial charge on any atom is -0.308 e. The van der Waals surface area contributed by atoms with Gasteiger partial charge in [0.2, 0.25) is 0 Å². The van der Waals surface area contributed by atoms with Crippen molar-refractivity contribution in [2.75, 3.05) is 4.90 Å². The average Bonchev–Trinajstić information content (AvgIpc) is 3.04. The Morgan fingerprint density at radius 3 is 1.21 bits per heavy atom. The summed E-state index contributed by atoms with van der Waals surface area (Å²) in [4.78, 5) is 4.81. The quantitative estimate of drug-likeness (QED) is 0.166. The van der Waals surface area contributed by atoms with Crippen LogP contribution in [0.1, 0.15) is 22.3 Å². The van der Waals surface area contributed by atoms with Crippen molar-refractivity contribution < 1.29 is 0 Å². The number of halogens is 2. The van der Waals surface area contributed by atoms with Crippen LogP contribution in [0.2, 0.25) is 0 Å². The molecule has 1 aliphatic heterocycles. The average molecular weight is 688 g/mol. The van der Waals surface area contributed by atoms with Gasteiger partial charge in [0.15, 0.2) is 0 Å². The summed E-state index contributed by atoms with van der Waals surface area (Å²) in [5.41, 5.74) is 10.7. The van der Waals surface area contributed by atoms with Crippen molar-refractivity contribution in [3.8, 4) is 0 Å². The molecule has 6 aromatic rings. The topological polar surface area (TPSA) is 3.24 Å². The van der Waals surface area contributed by atoms with Gasteiger partial charge in [0.25, 0.3) is 0 Å². The van der Waals surface area contributed by atoms with E-state index in [0.29, 0.717) is 0 Å². The Balaban J connectivity index is 1.42. The van der Waals surface area contributed by atoms with Crippen LogP contribution in [0.15, 0.2) is 170 Å². The first-order chi connectivity index (χ1) is 20.7. The molecule has 0 aliphatic carbocycles. The number of hydrogen-bond donors (Lipinski definition) is 0. The number of rotatable bonds is 5. The molecule has 0 bridgehead atoms. The van der Waals surface area contributed by atoms with Crippen LogP contribution in [0.25, 0.3) is 11.1 Å². The lowest BCUT2D eigenvalue weighted by molar-refractivity contribution is 1.16. The van der Waals surface area contributed by atoms with Crippen molar-refractivity contribution in [3.63, 3.8) is 0 Å². The number of anilines is 3. The molecular weight excluding hydrogens is 662 g/mol. The minimum atomic E-state index is 1.08. The van der Waals surface area contributed by atoms with Gasteiger partial charge in [0.1, 0.15) is 0 Å². The molecule has 0 fully saturated rings. The van der Waals surface area contributed by atoms with Crippen LogP contribution in [-0.2, 0) is 0 Å². The normalized spacial score (nSPS) is 11.9. The highest BCUT2D eigenvalue weighted by molar-refractivity contribution is 9.10. The molecule has 7 rings (SSSR count). The van der Waals surface area contributed by atoms with Crippen LogP contribution < -0.4 is 4.90 Å². The zero-order valence-corrected chi connectivity index (χ0v) is 26.5. The minimum absolute atomic E-state index is 1.08. The number of benzene rings is 6. The molecule has 1 nitrogen and oxygen atoms in total. The lowest BCUT2D eigenvalue weighted by Gasteiger charge is -2.33. The highest BCUT2D eigenvalue weighted by atomic mass is 79.9. The number of nitrogens with zero attached hydrogens (tertiary/aromatic N) is 1. The molecule has 202 valence electrons. The summed E-state index contributed by atoms with van der Waals surface area (Å²) in [6.07, 6.45) is 0. The van der Waals surface area contributed by atoms with Crippen molar-refractivity contribution in [1.29, 1.82) is 0 Å². The van der Waals surface area contributed by atoms with E-state index in [0.717, 1.165) is 14.6 Å². The van der Waals surface area contributed by atoms with Gasteiger partial charge in [-0.15, -0.1) is 0 Å². The van der Waals surface area contributed by atoms with E-state index in [1.54, 1.807) is 11.8 Å². The molecule has 6 aromatic carbocycles. The van der Waals surface area contributed by atoms with E-state index in [9.17, 15) is 0 Å². The SMILES string of the molecule is Brc1ccc2c(c1)Sc1cc(Br)ccc1N2c1ccc(C(=C(c2ccccc2)c2ccccc2)c2ccccc2)cc1. The van der Waals surface area contributed by atoms with Gasteiger partial charge in [-0.05, 0) is 81.9 Å². The lowest BCUT2D eigenvalue weighted by atomic mass is 9.86. The molecule has 0 aromatic heterocycles. The van der Waals surface area contributed by atoms with E-state index in [1.807, 2.05) is 0 Å². The molecule has 42 heavy (non-hydrogen) atoms. The van der Waals surface area contributed by atoms with Gasteiger partial charge in [0.05, 0.1) is 11.4 Å². The predicted molar refractivity (Wildman–Crippen MR) is 185 cm³/mol. The maximum Gasteiger partial charge on any atom is 0.0602 e. The number of hydrogen-bond acceptors (Lipinski definition) is 2. The fourth-order valence-corrected chi connectivity index (χ4v) is 7.70. The molecule has 0 amide bonds. The summed E-state index contributed by atoms with van der Waals surface area (Å²) in [7, 11) is 0. The third kappa shape index (κ3) is 5.27. The summed E-state index contributed by atoms with van der Waals surface area (Å²) >= 11 is 9.15. The van der Waals surface area contributed by atoms with E-state index in [2.05, 4.69) is 188 Å². The second-order valence-corrected chi connectivity index (χ2v) is 13.0. The Labute approximate surface area is 267 Å². The van der Waals surface area contributed by atoms with Gasteiger partial charge in [-0.25, -0.2) is 0 Å². The van der Waals surface area contributed by atoms with Crippen LogP contribution in [0, 0.1) is 0 Å². The van der Waals surface area contributed by atoms with Crippen LogP contribution in [-0.4, -0.2) is 0 Å². The second-order valence-electron chi connectivity index (χ2n) is 10.1. The van der Waals surface area contributed by atoms with Crippen LogP contribution >= 0.6 is 43.6 Å². The summed E-state index contributed by atoms with van der Waals surface area (Å²) in [5.74, 6) is 0. The summed E-state index contributed by atoms with van der Waals surface area (Å²) in [6.45, 7) is 0. The van der Waals surface area contributed by atoms with E-state index in [4.69, 9.17) is 0 Å². The standard InChI is InChI=1S/C38H25Br2NS/c39-30-18-22-33-35(24-30)42-36-25-31(40)19-23-34(36)41(33)32-20-16-29(17-21-32)38(28-14-8-3-9-15-28)37(26-10-4-1-5-11-26)27-12-6-2-7-13-27/h1-25H. The van der Waals surface area contributed by atoms with Gasteiger partial charge in [-0.3, -0.25) is 0 Å². The van der Waals surface area contributed by atoms with Crippen molar-refractivity contribution in [3.05, 3.63) is 183 Å². The number of fused-ring (bicyclic) bond motifs is 2. The van der Waals surface area contributed by atoms with Gasteiger partial charge in [-0.1, -0.05) is 147 Å². The van der Waals surface area contributed by atoms with Gasteiger partial charge < -0.3 is 4.90 Å². The molecular formula is C38H25Br2NS. The van der Waals surface area contributed by atoms with Crippen molar-refractivity contribution in [2.24, 2.45) is 0 Å². The van der Waals surface area contributed by atoms with Crippen molar-refractivity contribution >= 4 is 71.8 Å². The van der Waals surface area contributed by atoms with Crippen LogP contribution in [0.5, 0.6) is 0 Å². The van der Waals surface area contributed by atoms with E-state index in [1.165, 1.54) is 54.6 Å². The monoisotopic (exact) mass is 685 g/mol. The Hall–Kier alpha value is -3.83. The molecule has 0 spiro atoms. The van der Waals surface area contributed by atoms with E-state index >= 15 is 0 Å². The molecule has 0 saturated carbocycles. The molecule has 4 heteroatoms. The smallest absolute Gasteiger partial charge is 0.0602 e. The maximum atomic E-state index is 3.67.